The van der Waals surface area contributed by atoms with E-state index in [1.165, 1.54) is 13.0 Å². The van der Waals surface area contributed by atoms with Gasteiger partial charge in [0.2, 0.25) is 0 Å². The largest absolute Gasteiger partial charge is 0.331 e. The van der Waals surface area contributed by atoms with Gasteiger partial charge in [-0.2, -0.15) is 0 Å². The molecule has 5 nitrogen and oxygen atoms in total. The summed E-state index contributed by atoms with van der Waals surface area (Å²) >= 11 is 0. The number of carbonyl (C=O) groups excluding carboxylic acids is 1. The van der Waals surface area contributed by atoms with Crippen LogP contribution in [0.5, 0.6) is 0 Å². The van der Waals surface area contributed by atoms with Gasteiger partial charge in [0.05, 0.1) is 13.1 Å². The molecule has 0 atom stereocenters. The zero-order chi connectivity index (χ0) is 15.6. The average molecular weight is 294 g/mol. The van der Waals surface area contributed by atoms with Gasteiger partial charge < -0.3 is 4.79 Å². The van der Waals surface area contributed by atoms with Crippen molar-refractivity contribution in [2.24, 2.45) is 0 Å². The van der Waals surface area contributed by atoms with Crippen molar-refractivity contribution in [3.05, 3.63) is 68.0 Å². The molecule has 0 saturated carbocycles. The highest BCUT2D eigenvalue weighted by Crippen LogP contribution is 2.13. The maximum Gasteiger partial charge on any atom is 0.331 e. The maximum atomic E-state index is 13.6. The minimum atomic E-state index is -0.783. The van der Waals surface area contributed by atoms with Crippen LogP contribution in [0.4, 0.5) is 8.78 Å². The van der Waals surface area contributed by atoms with E-state index < -0.39 is 29.4 Å². The fourth-order valence-electron chi connectivity index (χ4n) is 2.00. The van der Waals surface area contributed by atoms with E-state index in [9.17, 15) is 23.2 Å². The molecular weight excluding hydrogens is 282 g/mol. The number of rotatable bonds is 4. The maximum absolute atomic E-state index is 13.6. The monoisotopic (exact) mass is 294 g/mol. The molecule has 0 aliphatic carbocycles. The Labute approximate surface area is 118 Å². The summed E-state index contributed by atoms with van der Waals surface area (Å²) < 4.78 is 29.0. The standard InChI is InChI=1S/C14H12F2N2O3/c1-9-7-13(20)17(5-6-19)14(21)18(9)8-10-11(15)3-2-4-12(10)16/h2-4,6-7H,5,8H2,1H3. The molecule has 0 aliphatic rings. The predicted octanol–water partition coefficient (Wildman–Crippen LogP) is 0.844. The van der Waals surface area contributed by atoms with Crippen molar-refractivity contribution < 1.29 is 13.6 Å². The number of aldehydes is 1. The van der Waals surface area contributed by atoms with Crippen molar-refractivity contribution in [1.29, 1.82) is 0 Å². The summed E-state index contributed by atoms with van der Waals surface area (Å²) in [4.78, 5) is 34.3. The fourth-order valence-corrected chi connectivity index (χ4v) is 2.00. The lowest BCUT2D eigenvalue weighted by molar-refractivity contribution is -0.108. The normalized spacial score (nSPS) is 10.6. The third-order valence-corrected chi connectivity index (χ3v) is 3.12. The zero-order valence-electron chi connectivity index (χ0n) is 11.2. The summed E-state index contributed by atoms with van der Waals surface area (Å²) in [7, 11) is 0. The molecule has 1 heterocycles. The van der Waals surface area contributed by atoms with Crippen molar-refractivity contribution in [2.45, 2.75) is 20.0 Å². The second-order valence-corrected chi connectivity index (χ2v) is 4.47. The summed E-state index contributed by atoms with van der Waals surface area (Å²) in [6.45, 7) is 0.715. The van der Waals surface area contributed by atoms with Crippen molar-refractivity contribution in [3.8, 4) is 0 Å². The van der Waals surface area contributed by atoms with Gasteiger partial charge in [-0.25, -0.2) is 13.6 Å². The number of hydrogen-bond acceptors (Lipinski definition) is 3. The van der Waals surface area contributed by atoms with Gasteiger partial charge in [0.1, 0.15) is 17.9 Å². The number of benzene rings is 1. The first kappa shape index (κ1) is 14.8. The van der Waals surface area contributed by atoms with Gasteiger partial charge in [0.15, 0.2) is 0 Å². The van der Waals surface area contributed by atoms with Crippen LogP contribution < -0.4 is 11.2 Å². The van der Waals surface area contributed by atoms with Gasteiger partial charge in [-0.1, -0.05) is 6.07 Å². The molecule has 7 heteroatoms. The van der Waals surface area contributed by atoms with Gasteiger partial charge in [-0.15, -0.1) is 0 Å². The molecule has 0 N–H and O–H groups in total. The van der Waals surface area contributed by atoms with Gasteiger partial charge >= 0.3 is 5.69 Å². The lowest BCUT2D eigenvalue weighted by Crippen LogP contribution is -2.41. The van der Waals surface area contributed by atoms with E-state index in [1.807, 2.05) is 0 Å². The van der Waals surface area contributed by atoms with Gasteiger partial charge in [-0.05, 0) is 19.1 Å². The highest BCUT2D eigenvalue weighted by molar-refractivity contribution is 5.48. The number of hydrogen-bond donors (Lipinski definition) is 0. The molecule has 0 spiro atoms. The second-order valence-electron chi connectivity index (χ2n) is 4.47. The molecule has 1 aromatic heterocycles. The molecule has 110 valence electrons. The topological polar surface area (TPSA) is 61.1 Å². The van der Waals surface area contributed by atoms with Crippen molar-refractivity contribution in [1.82, 2.24) is 9.13 Å². The first-order valence-electron chi connectivity index (χ1n) is 6.13. The van der Waals surface area contributed by atoms with Crippen LogP contribution in [0.3, 0.4) is 0 Å². The Balaban J connectivity index is 2.60. The van der Waals surface area contributed by atoms with Gasteiger partial charge in [0, 0.05) is 17.3 Å². The lowest BCUT2D eigenvalue weighted by Gasteiger charge is -2.13. The number of carbonyl (C=O) groups is 1. The van der Waals surface area contributed by atoms with E-state index in [4.69, 9.17) is 0 Å². The Morgan fingerprint density at radius 2 is 1.76 bits per heavy atom. The Morgan fingerprint density at radius 3 is 2.33 bits per heavy atom. The molecule has 0 saturated heterocycles. The van der Waals surface area contributed by atoms with Gasteiger partial charge in [0.25, 0.3) is 5.56 Å². The average Bonchev–Trinajstić information content (AvgIpc) is 2.42. The lowest BCUT2D eigenvalue weighted by atomic mass is 10.2. The van der Waals surface area contributed by atoms with E-state index >= 15 is 0 Å². The Kier molecular flexibility index (Phi) is 4.11. The third kappa shape index (κ3) is 2.81. The molecule has 0 bridgehead atoms. The van der Waals surface area contributed by atoms with Crippen LogP contribution in [0, 0.1) is 18.6 Å². The van der Waals surface area contributed by atoms with E-state index in [0.29, 0.717) is 10.9 Å². The Bertz CT molecular complexity index is 789. The Hall–Kier alpha value is -2.57. The highest BCUT2D eigenvalue weighted by Gasteiger charge is 2.14. The number of aromatic nitrogens is 2. The third-order valence-electron chi connectivity index (χ3n) is 3.12. The smallest absolute Gasteiger partial charge is 0.301 e. The molecule has 0 amide bonds. The summed E-state index contributed by atoms with van der Waals surface area (Å²) in [5.74, 6) is -1.57. The first-order valence-corrected chi connectivity index (χ1v) is 6.13. The molecular formula is C14H12F2N2O3. The molecule has 21 heavy (non-hydrogen) atoms. The minimum absolute atomic E-state index is 0.259. The molecule has 1 aromatic carbocycles. The Morgan fingerprint density at radius 1 is 1.14 bits per heavy atom. The van der Waals surface area contributed by atoms with Crippen LogP contribution in [-0.4, -0.2) is 15.4 Å². The van der Waals surface area contributed by atoms with Crippen LogP contribution in [0.2, 0.25) is 0 Å². The minimum Gasteiger partial charge on any atom is -0.301 e. The summed E-state index contributed by atoms with van der Waals surface area (Å²) in [6.07, 6.45) is 0.409. The predicted molar refractivity (Wildman–Crippen MR) is 71.2 cm³/mol. The quantitative estimate of drug-likeness (QED) is 0.785. The number of nitrogens with zero attached hydrogens (tertiary/aromatic N) is 2. The fraction of sp³-hybridized carbons (Fsp3) is 0.214. The number of halogens is 2. The van der Waals surface area contributed by atoms with E-state index in [2.05, 4.69) is 0 Å². The van der Waals surface area contributed by atoms with Crippen LogP contribution in [0.15, 0.2) is 33.9 Å². The van der Waals surface area contributed by atoms with Crippen LogP contribution >= 0.6 is 0 Å². The van der Waals surface area contributed by atoms with Crippen molar-refractivity contribution in [3.63, 3.8) is 0 Å². The number of aryl methyl sites for hydroxylation is 1. The SMILES string of the molecule is Cc1cc(=O)n(CC=O)c(=O)n1Cc1c(F)cccc1F. The van der Waals surface area contributed by atoms with Crippen molar-refractivity contribution in [2.75, 3.05) is 0 Å². The summed E-state index contributed by atoms with van der Waals surface area (Å²) in [6, 6.07) is 4.53. The van der Waals surface area contributed by atoms with E-state index in [1.54, 1.807) is 0 Å². The molecule has 0 unspecified atom stereocenters. The molecule has 2 rings (SSSR count). The molecule has 0 aliphatic heterocycles. The van der Waals surface area contributed by atoms with Gasteiger partial charge in [-0.3, -0.25) is 13.9 Å². The zero-order valence-corrected chi connectivity index (χ0v) is 11.2. The molecule has 2 aromatic rings. The summed E-state index contributed by atoms with van der Waals surface area (Å²) in [5, 5.41) is 0. The van der Waals surface area contributed by atoms with Crippen molar-refractivity contribution >= 4 is 6.29 Å². The van der Waals surface area contributed by atoms with Crippen LogP contribution in [0.25, 0.3) is 0 Å². The first-order chi connectivity index (χ1) is 9.95. The van der Waals surface area contributed by atoms with E-state index in [-0.39, 0.29) is 17.8 Å². The van der Waals surface area contributed by atoms with Crippen LogP contribution in [0.1, 0.15) is 11.3 Å². The highest BCUT2D eigenvalue weighted by atomic mass is 19.1. The van der Waals surface area contributed by atoms with Crippen LogP contribution in [-0.2, 0) is 17.9 Å². The molecule has 0 fully saturated rings. The second kappa shape index (κ2) is 5.82. The van der Waals surface area contributed by atoms with E-state index in [0.717, 1.165) is 22.8 Å². The summed E-state index contributed by atoms with van der Waals surface area (Å²) in [5.41, 5.74) is -1.43. The molecule has 0 radical (unpaired) electrons.